The highest BCUT2D eigenvalue weighted by molar-refractivity contribution is 5.86. The van der Waals surface area contributed by atoms with Crippen LogP contribution in [0.15, 0.2) is 77.2 Å². The summed E-state index contributed by atoms with van der Waals surface area (Å²) in [5.41, 5.74) is 13.8. The van der Waals surface area contributed by atoms with Crippen molar-refractivity contribution in [3.05, 3.63) is 101 Å². The quantitative estimate of drug-likeness (QED) is 0.209. The van der Waals surface area contributed by atoms with E-state index in [9.17, 15) is 0 Å². The lowest BCUT2D eigenvalue weighted by Crippen LogP contribution is -2.30. The number of para-hydroxylation sites is 3. The third-order valence-electron chi connectivity index (χ3n) is 8.25. The van der Waals surface area contributed by atoms with Crippen LogP contribution in [-0.2, 0) is 7.05 Å². The van der Waals surface area contributed by atoms with E-state index in [1.54, 1.807) is 0 Å². The van der Waals surface area contributed by atoms with Crippen LogP contribution in [0.3, 0.4) is 0 Å². The van der Waals surface area contributed by atoms with E-state index < -0.39 is 0 Å². The molecule has 2 aromatic heterocycles. The molecule has 0 radical (unpaired) electrons. The number of imidazole rings is 1. The lowest BCUT2D eigenvalue weighted by atomic mass is 9.92. The summed E-state index contributed by atoms with van der Waals surface area (Å²) in [5.74, 6) is 2.58. The maximum atomic E-state index is 6.49. The minimum absolute atomic E-state index is 0.380. The number of hydrogen-bond donors (Lipinski definition) is 0. The van der Waals surface area contributed by atoms with Gasteiger partial charge in [-0.3, -0.25) is 0 Å². The molecule has 4 aromatic carbocycles. The molecule has 0 aliphatic carbocycles. The first kappa shape index (κ1) is 26.1. The Kier molecular flexibility index (Phi) is 6.37. The summed E-state index contributed by atoms with van der Waals surface area (Å²) in [6, 6.07) is 26.2. The Morgan fingerprint density at radius 3 is 2.02 bits per heavy atom. The van der Waals surface area contributed by atoms with E-state index in [4.69, 9.17) is 9.40 Å². The van der Waals surface area contributed by atoms with Crippen LogP contribution in [0, 0.1) is 20.8 Å². The molecule has 6 aromatic rings. The summed E-state index contributed by atoms with van der Waals surface area (Å²) in [5, 5.41) is 0. The van der Waals surface area contributed by atoms with Crippen LogP contribution in [0.4, 0.5) is 0 Å². The Morgan fingerprint density at radius 1 is 0.750 bits per heavy atom. The first-order valence-corrected chi connectivity index (χ1v) is 14.3. The van der Waals surface area contributed by atoms with E-state index in [1.807, 2.05) is 0 Å². The van der Waals surface area contributed by atoms with Gasteiger partial charge in [-0.15, -0.1) is 0 Å². The van der Waals surface area contributed by atoms with Crippen molar-refractivity contribution >= 4 is 22.1 Å². The highest BCUT2D eigenvalue weighted by Crippen LogP contribution is 2.39. The van der Waals surface area contributed by atoms with E-state index in [2.05, 4.69) is 137 Å². The lowest BCUT2D eigenvalue weighted by molar-refractivity contribution is -0.633. The van der Waals surface area contributed by atoms with Gasteiger partial charge in [0.25, 0.3) is 5.82 Å². The Morgan fingerprint density at radius 2 is 1.38 bits per heavy atom. The SMILES string of the molecule is Cc1cc2nc(-c3c(C)cccc3C)oc2cc1-c1n(-c2c(C(C)C)cccc2C(C)C)c2ccccc2[n+]1C. The van der Waals surface area contributed by atoms with Crippen molar-refractivity contribution in [1.82, 2.24) is 9.55 Å². The molecule has 0 spiro atoms. The minimum Gasteiger partial charge on any atom is -0.436 e. The number of fused-ring (bicyclic) bond motifs is 2. The fraction of sp³-hybridized carbons (Fsp3) is 0.278. The van der Waals surface area contributed by atoms with Crippen LogP contribution in [-0.4, -0.2) is 9.55 Å². The zero-order chi connectivity index (χ0) is 28.3. The number of benzene rings is 4. The summed E-state index contributed by atoms with van der Waals surface area (Å²) in [6.45, 7) is 15.6. The van der Waals surface area contributed by atoms with Crippen LogP contribution in [0.5, 0.6) is 0 Å². The largest absolute Gasteiger partial charge is 0.436 e. The monoisotopic (exact) mass is 528 g/mol. The second-order valence-electron chi connectivity index (χ2n) is 11.7. The molecular weight excluding hydrogens is 490 g/mol. The average molecular weight is 529 g/mol. The second-order valence-corrected chi connectivity index (χ2v) is 11.7. The van der Waals surface area contributed by atoms with Crippen molar-refractivity contribution in [2.24, 2.45) is 7.05 Å². The van der Waals surface area contributed by atoms with Crippen LogP contribution >= 0.6 is 0 Å². The number of nitrogens with zero attached hydrogens (tertiary/aromatic N) is 3. The van der Waals surface area contributed by atoms with Gasteiger partial charge >= 0.3 is 0 Å². The van der Waals surface area contributed by atoms with Crippen molar-refractivity contribution in [3.63, 3.8) is 0 Å². The van der Waals surface area contributed by atoms with E-state index >= 15 is 0 Å². The fourth-order valence-corrected chi connectivity index (χ4v) is 6.19. The summed E-state index contributed by atoms with van der Waals surface area (Å²) in [4.78, 5) is 4.94. The van der Waals surface area contributed by atoms with Crippen LogP contribution < -0.4 is 4.57 Å². The molecule has 0 bridgehead atoms. The topological polar surface area (TPSA) is 34.8 Å². The summed E-state index contributed by atoms with van der Waals surface area (Å²) >= 11 is 0. The molecule has 4 heteroatoms. The van der Waals surface area contributed by atoms with Gasteiger partial charge in [-0.25, -0.2) is 9.55 Å². The fourth-order valence-electron chi connectivity index (χ4n) is 6.19. The van der Waals surface area contributed by atoms with E-state index in [0.717, 1.165) is 28.1 Å². The van der Waals surface area contributed by atoms with Gasteiger partial charge in [0.1, 0.15) is 11.2 Å². The predicted molar refractivity (Wildman–Crippen MR) is 165 cm³/mol. The van der Waals surface area contributed by atoms with Gasteiger partial charge in [-0.05, 0) is 73.6 Å². The van der Waals surface area contributed by atoms with Crippen LogP contribution in [0.25, 0.3) is 50.7 Å². The van der Waals surface area contributed by atoms with Gasteiger partial charge in [-0.2, -0.15) is 4.57 Å². The molecule has 0 N–H and O–H groups in total. The van der Waals surface area contributed by atoms with Gasteiger partial charge in [0.05, 0.1) is 12.6 Å². The molecule has 4 nitrogen and oxygen atoms in total. The first-order valence-electron chi connectivity index (χ1n) is 14.3. The lowest BCUT2D eigenvalue weighted by Gasteiger charge is -2.18. The highest BCUT2D eigenvalue weighted by atomic mass is 16.3. The van der Waals surface area contributed by atoms with Gasteiger partial charge in [0.2, 0.25) is 5.89 Å². The predicted octanol–water partition coefficient (Wildman–Crippen LogP) is 9.10. The maximum absolute atomic E-state index is 6.49. The molecule has 0 aliphatic heterocycles. The Bertz CT molecular complexity index is 1860. The third-order valence-corrected chi connectivity index (χ3v) is 8.25. The molecule has 40 heavy (non-hydrogen) atoms. The number of aromatic nitrogens is 3. The second kappa shape index (κ2) is 9.78. The van der Waals surface area contributed by atoms with E-state index in [0.29, 0.717) is 17.7 Å². The van der Waals surface area contributed by atoms with Gasteiger partial charge < -0.3 is 4.42 Å². The van der Waals surface area contributed by atoms with Gasteiger partial charge in [0, 0.05) is 16.7 Å². The Balaban J connectivity index is 1.68. The smallest absolute Gasteiger partial charge is 0.295 e. The number of aryl methyl sites for hydroxylation is 4. The molecule has 0 fully saturated rings. The minimum atomic E-state index is 0.380. The average Bonchev–Trinajstić information content (AvgIpc) is 3.45. The van der Waals surface area contributed by atoms with E-state index in [1.165, 1.54) is 44.5 Å². The number of oxazole rings is 1. The molecule has 202 valence electrons. The molecule has 2 heterocycles. The van der Waals surface area contributed by atoms with E-state index in [-0.39, 0.29) is 0 Å². The normalized spacial score (nSPS) is 11.9. The third kappa shape index (κ3) is 4.05. The van der Waals surface area contributed by atoms with Crippen molar-refractivity contribution in [1.29, 1.82) is 0 Å². The molecule has 6 rings (SSSR count). The highest BCUT2D eigenvalue weighted by Gasteiger charge is 2.31. The number of hydrogen-bond acceptors (Lipinski definition) is 2. The summed E-state index contributed by atoms with van der Waals surface area (Å²) in [6.07, 6.45) is 0. The molecule has 0 saturated carbocycles. The molecule has 0 saturated heterocycles. The maximum Gasteiger partial charge on any atom is 0.295 e. The van der Waals surface area contributed by atoms with Crippen molar-refractivity contribution < 1.29 is 8.98 Å². The summed E-state index contributed by atoms with van der Waals surface area (Å²) < 4.78 is 11.3. The van der Waals surface area contributed by atoms with Gasteiger partial charge in [0.15, 0.2) is 16.6 Å². The van der Waals surface area contributed by atoms with Gasteiger partial charge in [-0.1, -0.05) is 76.2 Å². The molecular formula is C36H38N3O+. The van der Waals surface area contributed by atoms with Crippen LogP contribution in [0.1, 0.15) is 67.3 Å². The Labute approximate surface area is 236 Å². The molecule has 0 atom stereocenters. The van der Waals surface area contributed by atoms with Crippen molar-refractivity contribution in [2.75, 3.05) is 0 Å². The standard InChI is InChI=1S/C36H38N3O/c1-21(2)26-15-12-16-27(22(3)4)34(26)39-31-18-10-9-17-30(31)38(8)36(39)28-20-32-29(19-25(28)7)37-35(40-32)33-23(5)13-11-14-24(33)6/h9-22H,1-8H3/q+1. The Hall–Kier alpha value is -4.18. The van der Waals surface area contributed by atoms with Crippen molar-refractivity contribution in [2.45, 2.75) is 60.3 Å². The zero-order valence-corrected chi connectivity index (χ0v) is 24.8. The first-order chi connectivity index (χ1) is 19.2. The number of rotatable bonds is 5. The molecule has 0 aliphatic rings. The van der Waals surface area contributed by atoms with Crippen LogP contribution in [0.2, 0.25) is 0 Å². The zero-order valence-electron chi connectivity index (χ0n) is 24.8. The van der Waals surface area contributed by atoms with Crippen molar-refractivity contribution in [3.8, 4) is 28.5 Å². The molecule has 0 amide bonds. The summed E-state index contributed by atoms with van der Waals surface area (Å²) in [7, 11) is 2.17. The molecule has 0 unspecified atom stereocenters.